The van der Waals surface area contributed by atoms with Crippen molar-refractivity contribution in [3.05, 3.63) is 29.2 Å². The minimum absolute atomic E-state index is 0.0130. The second kappa shape index (κ2) is 4.34. The first-order valence-corrected chi connectivity index (χ1v) is 6.79. The van der Waals surface area contributed by atoms with Gasteiger partial charge in [0.2, 0.25) is 5.91 Å². The van der Waals surface area contributed by atoms with Crippen LogP contribution in [-0.2, 0) is 4.79 Å². The number of aliphatic hydroxyl groups is 1. The fourth-order valence-corrected chi connectivity index (χ4v) is 2.99. The number of carbonyl (C=O) groups is 1. The van der Waals surface area contributed by atoms with Crippen molar-refractivity contribution in [2.75, 3.05) is 6.54 Å². The van der Waals surface area contributed by atoms with E-state index in [1.807, 2.05) is 0 Å². The summed E-state index contributed by atoms with van der Waals surface area (Å²) in [7, 11) is 0. The monoisotopic (exact) mass is 278 g/mol. The Morgan fingerprint density at radius 2 is 2.30 bits per heavy atom. The molecule has 1 saturated heterocycles. The van der Waals surface area contributed by atoms with Crippen LogP contribution in [0.3, 0.4) is 0 Å². The van der Waals surface area contributed by atoms with Crippen LogP contribution in [0.5, 0.6) is 5.75 Å². The third-order valence-corrected chi connectivity index (χ3v) is 4.07. The Balaban J connectivity index is 2.10. The topological polar surface area (TPSA) is 76.7 Å². The van der Waals surface area contributed by atoms with Crippen molar-refractivity contribution in [2.45, 2.75) is 44.4 Å². The van der Waals surface area contributed by atoms with E-state index in [4.69, 9.17) is 4.74 Å². The summed E-state index contributed by atoms with van der Waals surface area (Å²) in [6, 6.07) is 1.06. The van der Waals surface area contributed by atoms with Gasteiger partial charge in [0, 0.05) is 19.0 Å². The van der Waals surface area contributed by atoms with Crippen LogP contribution in [0.4, 0.5) is 0 Å². The predicted molar refractivity (Wildman–Crippen MR) is 69.8 cm³/mol. The van der Waals surface area contributed by atoms with Gasteiger partial charge in [-0.3, -0.25) is 4.79 Å². The van der Waals surface area contributed by atoms with E-state index in [-0.39, 0.29) is 5.91 Å². The lowest BCUT2D eigenvalue weighted by molar-refractivity contribution is -0.606. The molecule has 6 nitrogen and oxygen atoms in total. The molecule has 2 aliphatic heterocycles. The van der Waals surface area contributed by atoms with E-state index in [1.165, 1.54) is 12.4 Å². The van der Waals surface area contributed by atoms with Crippen molar-refractivity contribution in [3.63, 3.8) is 0 Å². The standard InChI is InChI=1S/C14H18N2O4/c1-14(2)13(18)12(16-6-3-4-11(16)17)9-8-15(19)7-5-10(9)20-14/h5,7-8,12-13,18H,3-4,6H2,1-2H3. The minimum Gasteiger partial charge on any atom is -0.619 e. The number of amides is 1. The molecule has 3 heterocycles. The van der Waals surface area contributed by atoms with Crippen molar-refractivity contribution >= 4 is 5.91 Å². The normalized spacial score (nSPS) is 28.1. The molecular weight excluding hydrogens is 260 g/mol. The molecular formula is C14H18N2O4. The Bertz CT molecular complexity index is 558. The summed E-state index contributed by atoms with van der Waals surface area (Å²) in [5.41, 5.74) is -0.236. The van der Waals surface area contributed by atoms with E-state index in [0.717, 1.165) is 6.42 Å². The number of carbonyl (C=O) groups excluding carboxylic acids is 1. The lowest BCUT2D eigenvalue weighted by Crippen LogP contribution is -2.54. The lowest BCUT2D eigenvalue weighted by Gasteiger charge is -2.44. The molecule has 2 atom stereocenters. The fraction of sp³-hybridized carbons (Fsp3) is 0.571. The number of likely N-dealkylation sites (tertiary alicyclic amines) is 1. The Kier molecular flexibility index (Phi) is 2.86. The number of pyridine rings is 1. The van der Waals surface area contributed by atoms with Gasteiger partial charge >= 0.3 is 0 Å². The largest absolute Gasteiger partial charge is 0.619 e. The summed E-state index contributed by atoms with van der Waals surface area (Å²) in [5, 5.41) is 22.1. The molecule has 6 heteroatoms. The van der Waals surface area contributed by atoms with Gasteiger partial charge in [0.25, 0.3) is 0 Å². The van der Waals surface area contributed by atoms with E-state index in [0.29, 0.717) is 29.0 Å². The summed E-state index contributed by atoms with van der Waals surface area (Å²) >= 11 is 0. The van der Waals surface area contributed by atoms with Gasteiger partial charge in [0.05, 0.1) is 11.6 Å². The zero-order chi connectivity index (χ0) is 14.5. The molecule has 0 radical (unpaired) electrons. The summed E-state index contributed by atoms with van der Waals surface area (Å²) in [5.74, 6) is 0.566. The van der Waals surface area contributed by atoms with Gasteiger partial charge in [-0.05, 0) is 20.3 Å². The van der Waals surface area contributed by atoms with Gasteiger partial charge < -0.3 is 20.0 Å². The second-order valence-electron chi connectivity index (χ2n) is 5.91. The summed E-state index contributed by atoms with van der Waals surface area (Å²) in [6.07, 6.45) is 3.13. The quantitative estimate of drug-likeness (QED) is 0.600. The number of rotatable bonds is 1. The Morgan fingerprint density at radius 3 is 2.95 bits per heavy atom. The van der Waals surface area contributed by atoms with Crippen LogP contribution in [0.15, 0.2) is 18.5 Å². The van der Waals surface area contributed by atoms with Gasteiger partial charge in [-0.2, -0.15) is 4.73 Å². The van der Waals surface area contributed by atoms with Gasteiger partial charge in [-0.15, -0.1) is 0 Å². The second-order valence-corrected chi connectivity index (χ2v) is 5.91. The fourth-order valence-electron chi connectivity index (χ4n) is 2.99. The highest BCUT2D eigenvalue weighted by molar-refractivity contribution is 5.79. The Hall–Kier alpha value is -1.82. The van der Waals surface area contributed by atoms with Crippen molar-refractivity contribution in [1.29, 1.82) is 0 Å². The van der Waals surface area contributed by atoms with Gasteiger partial charge in [-0.1, -0.05) is 0 Å². The predicted octanol–water partition coefficient (Wildman–Crippen LogP) is 0.515. The summed E-state index contributed by atoms with van der Waals surface area (Å²) in [6.45, 7) is 4.17. The summed E-state index contributed by atoms with van der Waals surface area (Å²) < 4.78 is 6.44. The minimum atomic E-state index is -0.876. The number of ether oxygens (including phenoxy) is 1. The van der Waals surface area contributed by atoms with Crippen LogP contribution in [0.2, 0.25) is 0 Å². The maximum absolute atomic E-state index is 12.0. The molecule has 1 fully saturated rings. The molecule has 0 bridgehead atoms. The number of aromatic nitrogens is 1. The molecule has 20 heavy (non-hydrogen) atoms. The molecule has 108 valence electrons. The molecule has 0 saturated carbocycles. The molecule has 2 unspecified atom stereocenters. The van der Waals surface area contributed by atoms with Crippen LogP contribution in [0, 0.1) is 5.21 Å². The van der Waals surface area contributed by atoms with Crippen LogP contribution < -0.4 is 9.47 Å². The third kappa shape index (κ3) is 1.91. The number of fused-ring (bicyclic) bond motifs is 1. The van der Waals surface area contributed by atoms with Crippen LogP contribution in [0.25, 0.3) is 0 Å². The van der Waals surface area contributed by atoms with Gasteiger partial charge in [-0.25, -0.2) is 0 Å². The number of nitrogens with zero attached hydrogens (tertiary/aromatic N) is 2. The molecule has 0 aliphatic carbocycles. The van der Waals surface area contributed by atoms with Crippen molar-refractivity contribution in [3.8, 4) is 5.75 Å². The molecule has 3 rings (SSSR count). The average Bonchev–Trinajstić information content (AvgIpc) is 2.78. The Morgan fingerprint density at radius 1 is 1.55 bits per heavy atom. The Labute approximate surface area is 117 Å². The molecule has 1 amide bonds. The number of aliphatic hydroxyl groups excluding tert-OH is 1. The maximum Gasteiger partial charge on any atom is 0.223 e. The van der Waals surface area contributed by atoms with Crippen molar-refractivity contribution < 1.29 is 19.4 Å². The molecule has 0 aromatic carbocycles. The molecule has 1 N–H and O–H groups in total. The highest BCUT2D eigenvalue weighted by atomic mass is 16.5. The number of hydrogen-bond acceptors (Lipinski definition) is 4. The molecule has 1 aromatic heterocycles. The third-order valence-electron chi connectivity index (χ3n) is 4.07. The molecule has 1 aromatic rings. The maximum atomic E-state index is 12.0. The molecule has 2 aliphatic rings. The van der Waals surface area contributed by atoms with Crippen molar-refractivity contribution in [1.82, 2.24) is 4.90 Å². The zero-order valence-electron chi connectivity index (χ0n) is 11.6. The van der Waals surface area contributed by atoms with Gasteiger partial charge in [0.1, 0.15) is 17.5 Å². The van der Waals surface area contributed by atoms with Gasteiger partial charge in [0.15, 0.2) is 12.4 Å². The first kappa shape index (κ1) is 13.2. The first-order chi connectivity index (χ1) is 9.40. The van der Waals surface area contributed by atoms with E-state index in [9.17, 15) is 15.1 Å². The SMILES string of the molecule is CC1(C)Oc2cc[n+]([O-])cc2C(N2CCCC2=O)C1O. The van der Waals surface area contributed by atoms with E-state index < -0.39 is 17.7 Å². The highest BCUT2D eigenvalue weighted by Gasteiger charge is 2.48. The van der Waals surface area contributed by atoms with Crippen molar-refractivity contribution in [2.24, 2.45) is 0 Å². The first-order valence-electron chi connectivity index (χ1n) is 6.79. The van der Waals surface area contributed by atoms with E-state index >= 15 is 0 Å². The van der Waals surface area contributed by atoms with E-state index in [1.54, 1.807) is 24.8 Å². The zero-order valence-corrected chi connectivity index (χ0v) is 11.6. The van der Waals surface area contributed by atoms with Crippen LogP contribution >= 0.6 is 0 Å². The molecule has 0 spiro atoms. The lowest BCUT2D eigenvalue weighted by atomic mass is 9.86. The smallest absolute Gasteiger partial charge is 0.223 e. The van der Waals surface area contributed by atoms with E-state index in [2.05, 4.69) is 0 Å². The van der Waals surface area contributed by atoms with Crippen LogP contribution in [-0.4, -0.2) is 34.2 Å². The highest BCUT2D eigenvalue weighted by Crippen LogP contribution is 2.43. The summed E-state index contributed by atoms with van der Waals surface area (Å²) in [4.78, 5) is 13.7. The van der Waals surface area contributed by atoms with Crippen LogP contribution in [0.1, 0.15) is 38.3 Å². The average molecular weight is 278 g/mol. The number of hydrogen-bond donors (Lipinski definition) is 1.